The minimum atomic E-state index is 0.870. The van der Waals surface area contributed by atoms with E-state index in [-0.39, 0.29) is 0 Å². The van der Waals surface area contributed by atoms with Crippen molar-refractivity contribution in [2.75, 3.05) is 18.8 Å². The summed E-state index contributed by atoms with van der Waals surface area (Å²) in [7, 11) is 0. The number of hydrogen-bond acceptors (Lipinski definition) is 4. The highest BCUT2D eigenvalue weighted by Gasteiger charge is 2.18. The summed E-state index contributed by atoms with van der Waals surface area (Å²) in [4.78, 5) is 2.49. The van der Waals surface area contributed by atoms with Gasteiger partial charge in [-0.3, -0.25) is 9.47 Å². The molecule has 1 aromatic carbocycles. The van der Waals surface area contributed by atoms with E-state index >= 15 is 0 Å². The molecule has 2 aromatic rings. The Labute approximate surface area is 142 Å². The summed E-state index contributed by atoms with van der Waals surface area (Å²) < 4.78 is 2.20. The van der Waals surface area contributed by atoms with Crippen LogP contribution in [0.25, 0.3) is 5.69 Å². The lowest BCUT2D eigenvalue weighted by Crippen LogP contribution is -2.30. The highest BCUT2D eigenvalue weighted by molar-refractivity contribution is 7.99. The lowest BCUT2D eigenvalue weighted by atomic mass is 10.1. The van der Waals surface area contributed by atoms with Gasteiger partial charge in [-0.15, -0.1) is 10.2 Å². The van der Waals surface area contributed by atoms with E-state index in [2.05, 4.69) is 50.5 Å². The Morgan fingerprint density at radius 1 is 1.13 bits per heavy atom. The number of piperidine rings is 1. The van der Waals surface area contributed by atoms with Crippen molar-refractivity contribution in [1.82, 2.24) is 19.7 Å². The normalized spacial score (nSPS) is 15.7. The van der Waals surface area contributed by atoms with Gasteiger partial charge in [0, 0.05) is 11.4 Å². The Balaban J connectivity index is 1.87. The van der Waals surface area contributed by atoms with Crippen molar-refractivity contribution in [2.45, 2.75) is 37.9 Å². The van der Waals surface area contributed by atoms with Crippen LogP contribution in [0.15, 0.2) is 47.6 Å². The number of nitrogens with zero attached hydrogens (tertiary/aromatic N) is 4. The van der Waals surface area contributed by atoms with E-state index in [1.165, 1.54) is 19.3 Å². The van der Waals surface area contributed by atoms with Crippen LogP contribution in [-0.2, 0) is 6.54 Å². The molecule has 23 heavy (non-hydrogen) atoms. The molecule has 1 aliphatic heterocycles. The third-order valence-electron chi connectivity index (χ3n) is 3.98. The Kier molecular flexibility index (Phi) is 5.51. The Morgan fingerprint density at radius 3 is 2.57 bits per heavy atom. The number of benzene rings is 1. The average Bonchev–Trinajstić information content (AvgIpc) is 2.97. The number of likely N-dealkylation sites (tertiary alicyclic amines) is 1. The summed E-state index contributed by atoms with van der Waals surface area (Å²) in [5.74, 6) is 1.90. The van der Waals surface area contributed by atoms with Gasteiger partial charge in [-0.25, -0.2) is 0 Å². The van der Waals surface area contributed by atoms with Gasteiger partial charge < -0.3 is 0 Å². The smallest absolute Gasteiger partial charge is 0.196 e. The monoisotopic (exact) mass is 328 g/mol. The summed E-state index contributed by atoms with van der Waals surface area (Å²) in [5, 5.41) is 9.87. The lowest BCUT2D eigenvalue weighted by Gasteiger charge is -2.26. The molecule has 0 radical (unpaired) electrons. The number of rotatable bonds is 6. The highest BCUT2D eigenvalue weighted by Crippen LogP contribution is 2.24. The second-order valence-electron chi connectivity index (χ2n) is 6.15. The molecular formula is C18H24N4S. The Hall–Kier alpha value is -1.59. The second kappa shape index (κ2) is 7.79. The molecule has 0 atom stereocenters. The van der Waals surface area contributed by atoms with Crippen molar-refractivity contribution in [3.05, 3.63) is 48.3 Å². The maximum absolute atomic E-state index is 4.49. The van der Waals surface area contributed by atoms with E-state index in [1.54, 1.807) is 11.8 Å². The van der Waals surface area contributed by atoms with E-state index in [4.69, 9.17) is 0 Å². The van der Waals surface area contributed by atoms with Gasteiger partial charge in [0.25, 0.3) is 0 Å². The van der Waals surface area contributed by atoms with E-state index < -0.39 is 0 Å². The maximum Gasteiger partial charge on any atom is 0.196 e. The quantitative estimate of drug-likeness (QED) is 0.594. The molecule has 3 rings (SSSR count). The third-order valence-corrected chi connectivity index (χ3v) is 5.14. The van der Waals surface area contributed by atoms with Gasteiger partial charge in [0.05, 0.1) is 6.54 Å². The third kappa shape index (κ3) is 4.24. The summed E-state index contributed by atoms with van der Waals surface area (Å²) in [6.45, 7) is 9.23. The summed E-state index contributed by atoms with van der Waals surface area (Å²) >= 11 is 1.70. The largest absolute Gasteiger partial charge is 0.296 e. The molecule has 0 amide bonds. The molecule has 0 N–H and O–H groups in total. The lowest BCUT2D eigenvalue weighted by molar-refractivity contribution is 0.214. The van der Waals surface area contributed by atoms with Gasteiger partial charge in [0.2, 0.25) is 0 Å². The van der Waals surface area contributed by atoms with Crippen LogP contribution < -0.4 is 0 Å². The van der Waals surface area contributed by atoms with Crippen molar-refractivity contribution in [3.63, 3.8) is 0 Å². The minimum Gasteiger partial charge on any atom is -0.296 e. The van der Waals surface area contributed by atoms with Crippen LogP contribution in [0.1, 0.15) is 32.0 Å². The summed E-state index contributed by atoms with van der Waals surface area (Å²) in [6, 6.07) is 10.4. The zero-order valence-electron chi connectivity index (χ0n) is 13.7. The van der Waals surface area contributed by atoms with Crippen molar-refractivity contribution in [3.8, 4) is 5.69 Å². The van der Waals surface area contributed by atoms with Crippen LogP contribution in [0.5, 0.6) is 0 Å². The van der Waals surface area contributed by atoms with Gasteiger partial charge in [0.1, 0.15) is 0 Å². The van der Waals surface area contributed by atoms with E-state index in [9.17, 15) is 0 Å². The van der Waals surface area contributed by atoms with E-state index in [0.29, 0.717) is 0 Å². The van der Waals surface area contributed by atoms with E-state index in [1.807, 2.05) is 13.0 Å². The summed E-state index contributed by atoms with van der Waals surface area (Å²) in [6.07, 6.45) is 3.93. The van der Waals surface area contributed by atoms with Crippen molar-refractivity contribution < 1.29 is 0 Å². The fourth-order valence-corrected chi connectivity index (χ4v) is 3.65. The zero-order chi connectivity index (χ0) is 16.1. The fourth-order valence-electron chi connectivity index (χ4n) is 2.84. The van der Waals surface area contributed by atoms with Gasteiger partial charge in [-0.1, -0.05) is 48.5 Å². The van der Waals surface area contributed by atoms with Crippen LogP contribution >= 0.6 is 11.8 Å². The molecule has 0 unspecified atom stereocenters. The first-order chi connectivity index (χ1) is 11.2. The van der Waals surface area contributed by atoms with Crippen molar-refractivity contribution >= 4 is 11.8 Å². The average molecular weight is 328 g/mol. The molecule has 1 aliphatic rings. The SMILES string of the molecule is C=C(C)CSc1nnc(CN2CCCCC2)n1-c1ccccc1. The molecule has 0 bridgehead atoms. The predicted octanol–water partition coefficient (Wildman–Crippen LogP) is 3.92. The highest BCUT2D eigenvalue weighted by atomic mass is 32.2. The van der Waals surface area contributed by atoms with Crippen molar-refractivity contribution in [1.29, 1.82) is 0 Å². The first-order valence-corrected chi connectivity index (χ1v) is 9.22. The molecule has 4 nitrogen and oxygen atoms in total. The number of hydrogen-bond donors (Lipinski definition) is 0. The topological polar surface area (TPSA) is 34.0 Å². The summed E-state index contributed by atoms with van der Waals surface area (Å²) in [5.41, 5.74) is 2.28. The fraction of sp³-hybridized carbons (Fsp3) is 0.444. The first-order valence-electron chi connectivity index (χ1n) is 8.23. The van der Waals surface area contributed by atoms with Crippen LogP contribution in [0.4, 0.5) is 0 Å². The molecular weight excluding hydrogens is 304 g/mol. The molecule has 5 heteroatoms. The number of para-hydroxylation sites is 1. The first kappa shape index (κ1) is 16.3. The molecule has 1 saturated heterocycles. The van der Waals surface area contributed by atoms with Crippen LogP contribution in [-0.4, -0.2) is 38.5 Å². The molecule has 0 saturated carbocycles. The Morgan fingerprint density at radius 2 is 1.87 bits per heavy atom. The standard InChI is InChI=1S/C18H24N4S/c1-15(2)14-23-18-20-19-17(13-21-11-7-4-8-12-21)22(18)16-9-5-3-6-10-16/h3,5-6,9-10H,1,4,7-8,11-14H2,2H3. The van der Waals surface area contributed by atoms with Gasteiger partial charge in [0.15, 0.2) is 11.0 Å². The molecule has 122 valence electrons. The van der Waals surface area contributed by atoms with Gasteiger partial charge in [-0.2, -0.15) is 0 Å². The number of thioether (sulfide) groups is 1. The van der Waals surface area contributed by atoms with Crippen LogP contribution in [0.2, 0.25) is 0 Å². The second-order valence-corrected chi connectivity index (χ2v) is 7.09. The van der Waals surface area contributed by atoms with Gasteiger partial charge >= 0.3 is 0 Å². The van der Waals surface area contributed by atoms with Gasteiger partial charge in [-0.05, 0) is 45.0 Å². The maximum atomic E-state index is 4.49. The number of aromatic nitrogens is 3. The zero-order valence-corrected chi connectivity index (χ0v) is 14.6. The predicted molar refractivity (Wildman–Crippen MR) is 96.0 cm³/mol. The molecule has 1 aromatic heterocycles. The molecule has 2 heterocycles. The molecule has 0 aliphatic carbocycles. The Bertz CT molecular complexity index is 644. The minimum absolute atomic E-state index is 0.870. The van der Waals surface area contributed by atoms with Crippen LogP contribution in [0.3, 0.4) is 0 Å². The molecule has 1 fully saturated rings. The van der Waals surface area contributed by atoms with E-state index in [0.717, 1.165) is 47.6 Å². The van der Waals surface area contributed by atoms with Crippen molar-refractivity contribution in [2.24, 2.45) is 0 Å². The molecule has 0 spiro atoms. The van der Waals surface area contributed by atoms with Crippen LogP contribution in [0, 0.1) is 0 Å².